The highest BCUT2D eigenvalue weighted by Gasteiger charge is 2.55. The number of carboxylic acids is 1. The van der Waals surface area contributed by atoms with Crippen LogP contribution in [0.25, 0.3) is 0 Å². The van der Waals surface area contributed by atoms with Crippen LogP contribution in [-0.2, 0) is 14.8 Å². The molecule has 0 aliphatic carbocycles. The number of hydrogen-bond donors (Lipinski definition) is 1. The second kappa shape index (κ2) is 6.49. The number of sulfonamides is 1. The SMILES string of the molecule is COc1cc(C)cc(C)c1S(=O)(=O)N1C[C@@H](C(F)(F)F)[C@H](C(=O)O)C1. The van der Waals surface area contributed by atoms with Gasteiger partial charge in [0, 0.05) is 13.1 Å². The molecule has 1 aliphatic rings. The van der Waals surface area contributed by atoms with Gasteiger partial charge in [0.25, 0.3) is 0 Å². The van der Waals surface area contributed by atoms with Crippen LogP contribution in [0.4, 0.5) is 13.2 Å². The number of carbonyl (C=O) groups is 1. The van der Waals surface area contributed by atoms with E-state index >= 15 is 0 Å². The minimum Gasteiger partial charge on any atom is -0.495 e. The molecule has 1 N–H and O–H groups in total. The first kappa shape index (κ1) is 19.5. The van der Waals surface area contributed by atoms with Crippen molar-refractivity contribution in [3.8, 4) is 5.75 Å². The van der Waals surface area contributed by atoms with Gasteiger partial charge in [0.1, 0.15) is 10.6 Å². The Hall–Kier alpha value is -1.81. The second-order valence-corrected chi connectivity index (χ2v) is 7.90. The monoisotopic (exact) mass is 381 g/mol. The zero-order valence-corrected chi connectivity index (χ0v) is 14.6. The van der Waals surface area contributed by atoms with Crippen molar-refractivity contribution in [1.29, 1.82) is 0 Å². The molecule has 1 aliphatic heterocycles. The van der Waals surface area contributed by atoms with E-state index in [9.17, 15) is 26.4 Å². The molecule has 25 heavy (non-hydrogen) atoms. The minimum absolute atomic E-state index is 0.0137. The van der Waals surface area contributed by atoms with Crippen LogP contribution < -0.4 is 4.74 Å². The van der Waals surface area contributed by atoms with E-state index < -0.39 is 47.1 Å². The van der Waals surface area contributed by atoms with Gasteiger partial charge in [-0.05, 0) is 31.0 Å². The van der Waals surface area contributed by atoms with Gasteiger partial charge in [-0.1, -0.05) is 6.07 Å². The molecule has 1 aromatic carbocycles. The summed E-state index contributed by atoms with van der Waals surface area (Å²) in [5.74, 6) is -5.75. The van der Waals surface area contributed by atoms with Crippen LogP contribution >= 0.6 is 0 Å². The van der Waals surface area contributed by atoms with Crippen molar-refractivity contribution in [3.05, 3.63) is 23.3 Å². The third kappa shape index (κ3) is 3.59. The zero-order valence-electron chi connectivity index (χ0n) is 13.8. The van der Waals surface area contributed by atoms with Crippen molar-refractivity contribution in [1.82, 2.24) is 4.31 Å². The van der Waals surface area contributed by atoms with Crippen LogP contribution in [0.2, 0.25) is 0 Å². The minimum atomic E-state index is -4.81. The first-order valence-corrected chi connectivity index (χ1v) is 8.78. The summed E-state index contributed by atoms with van der Waals surface area (Å²) < 4.78 is 70.7. The van der Waals surface area contributed by atoms with Gasteiger partial charge >= 0.3 is 12.1 Å². The van der Waals surface area contributed by atoms with Gasteiger partial charge in [-0.15, -0.1) is 0 Å². The molecule has 0 unspecified atom stereocenters. The maximum Gasteiger partial charge on any atom is 0.393 e. The van der Waals surface area contributed by atoms with Crippen LogP contribution in [0.3, 0.4) is 0 Å². The number of halogens is 3. The van der Waals surface area contributed by atoms with E-state index in [-0.39, 0.29) is 10.6 Å². The molecule has 0 aromatic heterocycles. The van der Waals surface area contributed by atoms with Gasteiger partial charge in [0.15, 0.2) is 0 Å². The lowest BCUT2D eigenvalue weighted by Crippen LogP contribution is -2.34. The van der Waals surface area contributed by atoms with Crippen molar-refractivity contribution in [2.45, 2.75) is 24.9 Å². The van der Waals surface area contributed by atoms with Crippen molar-refractivity contribution in [2.24, 2.45) is 11.8 Å². The third-order valence-corrected chi connectivity index (χ3v) is 6.24. The van der Waals surface area contributed by atoms with E-state index in [1.54, 1.807) is 13.0 Å². The van der Waals surface area contributed by atoms with E-state index in [2.05, 4.69) is 0 Å². The number of nitrogens with zero attached hydrogens (tertiary/aromatic N) is 1. The second-order valence-electron chi connectivity index (χ2n) is 6.03. The lowest BCUT2D eigenvalue weighted by atomic mass is 9.96. The van der Waals surface area contributed by atoms with E-state index in [0.717, 1.165) is 5.56 Å². The molecule has 1 heterocycles. The van der Waals surface area contributed by atoms with E-state index in [0.29, 0.717) is 9.87 Å². The molecular formula is C15H18F3NO5S. The van der Waals surface area contributed by atoms with Gasteiger partial charge < -0.3 is 9.84 Å². The molecule has 0 spiro atoms. The summed E-state index contributed by atoms with van der Waals surface area (Å²) in [7, 11) is -3.08. The van der Waals surface area contributed by atoms with Crippen molar-refractivity contribution in [3.63, 3.8) is 0 Å². The fourth-order valence-electron chi connectivity index (χ4n) is 3.07. The summed E-state index contributed by atoms with van der Waals surface area (Å²) in [6, 6.07) is 3.03. The number of hydrogen-bond acceptors (Lipinski definition) is 4. The van der Waals surface area contributed by atoms with Crippen molar-refractivity contribution < 1.29 is 36.2 Å². The van der Waals surface area contributed by atoms with Gasteiger partial charge in [0.05, 0.1) is 18.9 Å². The summed E-state index contributed by atoms with van der Waals surface area (Å²) in [5, 5.41) is 9.05. The lowest BCUT2D eigenvalue weighted by Gasteiger charge is -2.21. The number of aryl methyl sites for hydroxylation is 2. The van der Waals surface area contributed by atoms with E-state index in [1.807, 2.05) is 0 Å². The molecule has 1 saturated heterocycles. The highest BCUT2D eigenvalue weighted by molar-refractivity contribution is 7.89. The first-order valence-electron chi connectivity index (χ1n) is 7.34. The molecule has 2 atom stereocenters. The van der Waals surface area contributed by atoms with Crippen LogP contribution in [0, 0.1) is 25.7 Å². The molecule has 140 valence electrons. The van der Waals surface area contributed by atoms with Crippen LogP contribution in [0.15, 0.2) is 17.0 Å². The summed E-state index contributed by atoms with van der Waals surface area (Å²) in [4.78, 5) is 10.9. The Morgan fingerprint density at radius 2 is 1.88 bits per heavy atom. The summed E-state index contributed by atoms with van der Waals surface area (Å²) in [5.41, 5.74) is 1.05. The number of ether oxygens (including phenoxy) is 1. The maximum atomic E-state index is 13.1. The van der Waals surface area contributed by atoms with E-state index in [1.165, 1.54) is 20.1 Å². The Balaban J connectivity index is 2.50. The van der Waals surface area contributed by atoms with Crippen LogP contribution in [-0.4, -0.2) is 50.2 Å². The predicted octanol–water partition coefficient (Wildman–Crippen LogP) is 2.20. The molecule has 10 heteroatoms. The molecule has 1 aromatic rings. The molecule has 1 fully saturated rings. The van der Waals surface area contributed by atoms with Crippen LogP contribution in [0.1, 0.15) is 11.1 Å². The Labute approximate surface area is 143 Å². The molecule has 2 rings (SSSR count). The smallest absolute Gasteiger partial charge is 0.393 e. The van der Waals surface area contributed by atoms with Crippen molar-refractivity contribution >= 4 is 16.0 Å². The van der Waals surface area contributed by atoms with Gasteiger partial charge in [-0.3, -0.25) is 4.79 Å². The average Bonchev–Trinajstić information content (AvgIpc) is 2.92. The topological polar surface area (TPSA) is 83.9 Å². The predicted molar refractivity (Wildman–Crippen MR) is 81.9 cm³/mol. The summed E-state index contributed by atoms with van der Waals surface area (Å²) >= 11 is 0. The Kier molecular flexibility index (Phi) is 5.06. The largest absolute Gasteiger partial charge is 0.495 e. The average molecular weight is 381 g/mol. The number of methoxy groups -OCH3 is 1. The Bertz CT molecular complexity index is 791. The third-order valence-electron chi connectivity index (χ3n) is 4.23. The van der Waals surface area contributed by atoms with Gasteiger partial charge in [-0.25, -0.2) is 8.42 Å². The Morgan fingerprint density at radius 3 is 2.32 bits per heavy atom. The van der Waals surface area contributed by atoms with Gasteiger partial charge in [0.2, 0.25) is 10.0 Å². The fourth-order valence-corrected chi connectivity index (χ4v) is 4.91. The van der Waals surface area contributed by atoms with E-state index in [4.69, 9.17) is 9.84 Å². The molecule has 0 saturated carbocycles. The molecular weight excluding hydrogens is 363 g/mol. The molecule has 0 amide bonds. The van der Waals surface area contributed by atoms with Gasteiger partial charge in [-0.2, -0.15) is 17.5 Å². The number of aliphatic carboxylic acids is 1. The standard InChI is InChI=1S/C15H18F3NO5S/c1-8-4-9(2)13(12(5-8)24-3)25(22,23)19-6-10(14(20)21)11(7-19)15(16,17)18/h4-5,10-11H,6-7H2,1-3H3,(H,20,21)/t10-,11-/m1/s1. The number of benzene rings is 1. The molecule has 0 radical (unpaired) electrons. The molecule has 0 bridgehead atoms. The fraction of sp³-hybridized carbons (Fsp3) is 0.533. The Morgan fingerprint density at radius 1 is 1.28 bits per heavy atom. The van der Waals surface area contributed by atoms with Crippen LogP contribution in [0.5, 0.6) is 5.75 Å². The molecule has 6 nitrogen and oxygen atoms in total. The maximum absolute atomic E-state index is 13.1. The summed E-state index contributed by atoms with van der Waals surface area (Å²) in [6.45, 7) is 1.56. The highest BCUT2D eigenvalue weighted by Crippen LogP contribution is 2.41. The number of carboxylic acid groups (broad SMARTS) is 1. The lowest BCUT2D eigenvalue weighted by molar-refractivity contribution is -0.187. The van der Waals surface area contributed by atoms with Crippen molar-refractivity contribution in [2.75, 3.05) is 20.2 Å². The zero-order chi connectivity index (χ0) is 19.2. The highest BCUT2D eigenvalue weighted by atomic mass is 32.2. The normalized spacial score (nSPS) is 22.2. The summed E-state index contributed by atoms with van der Waals surface area (Å²) in [6.07, 6.45) is -4.81. The number of rotatable bonds is 4. The first-order chi connectivity index (χ1) is 11.4. The number of alkyl halides is 3. The quantitative estimate of drug-likeness (QED) is 0.864.